The summed E-state index contributed by atoms with van der Waals surface area (Å²) < 4.78 is 5.46. The van der Waals surface area contributed by atoms with E-state index in [4.69, 9.17) is 4.74 Å². The summed E-state index contributed by atoms with van der Waals surface area (Å²) in [4.78, 5) is 0. The Morgan fingerprint density at radius 1 is 1.43 bits per heavy atom. The van der Waals surface area contributed by atoms with Gasteiger partial charge in [0.25, 0.3) is 0 Å². The van der Waals surface area contributed by atoms with Crippen LogP contribution in [0.4, 0.5) is 0 Å². The molecule has 0 amide bonds. The van der Waals surface area contributed by atoms with Gasteiger partial charge in [0.2, 0.25) is 0 Å². The lowest BCUT2D eigenvalue weighted by atomic mass is 9.91. The highest BCUT2D eigenvalue weighted by Gasteiger charge is 2.25. The molecule has 1 aliphatic heterocycles. The van der Waals surface area contributed by atoms with Crippen LogP contribution in [0.2, 0.25) is 0 Å². The number of ether oxygens (including phenoxy) is 1. The van der Waals surface area contributed by atoms with Crippen molar-refractivity contribution in [1.29, 1.82) is 0 Å². The Balaban J connectivity index is 2.34. The first-order valence-corrected chi connectivity index (χ1v) is 6.05. The van der Waals surface area contributed by atoms with Crippen molar-refractivity contribution < 1.29 is 4.74 Å². The molecule has 0 aromatic rings. The maximum atomic E-state index is 5.46. The van der Waals surface area contributed by atoms with Gasteiger partial charge in [0.15, 0.2) is 0 Å². The molecule has 0 saturated carbocycles. The fourth-order valence-electron chi connectivity index (χ4n) is 2.15. The fraction of sp³-hybridized carbons (Fsp3) is 1.00. The van der Waals surface area contributed by atoms with Gasteiger partial charge >= 0.3 is 0 Å². The zero-order chi connectivity index (χ0) is 10.4. The van der Waals surface area contributed by atoms with Gasteiger partial charge in [-0.05, 0) is 37.6 Å². The Morgan fingerprint density at radius 2 is 2.21 bits per heavy atom. The third kappa shape index (κ3) is 3.97. The van der Waals surface area contributed by atoms with E-state index in [2.05, 4.69) is 26.1 Å². The van der Waals surface area contributed by atoms with Crippen LogP contribution in [0.1, 0.15) is 40.0 Å². The molecule has 0 aromatic heterocycles. The SMILES string of the molecule is CCCNC(CC(C)C)C1CCOC1. The molecule has 2 atom stereocenters. The van der Waals surface area contributed by atoms with E-state index in [-0.39, 0.29) is 0 Å². The number of rotatable bonds is 6. The fourth-order valence-corrected chi connectivity index (χ4v) is 2.15. The summed E-state index contributed by atoms with van der Waals surface area (Å²) in [6, 6.07) is 0.678. The van der Waals surface area contributed by atoms with Gasteiger partial charge in [0, 0.05) is 12.6 Å². The first kappa shape index (κ1) is 12.0. The van der Waals surface area contributed by atoms with Crippen LogP contribution in [-0.2, 0) is 4.74 Å². The van der Waals surface area contributed by atoms with E-state index in [0.29, 0.717) is 6.04 Å². The summed E-state index contributed by atoms with van der Waals surface area (Å²) in [5.74, 6) is 1.54. The van der Waals surface area contributed by atoms with Crippen molar-refractivity contribution in [1.82, 2.24) is 5.32 Å². The number of nitrogens with one attached hydrogen (secondary N) is 1. The number of hydrogen-bond donors (Lipinski definition) is 1. The van der Waals surface area contributed by atoms with Gasteiger partial charge in [-0.3, -0.25) is 0 Å². The Kier molecular flexibility index (Phi) is 5.49. The minimum atomic E-state index is 0.678. The average molecular weight is 199 g/mol. The molecule has 0 bridgehead atoms. The van der Waals surface area contributed by atoms with Crippen molar-refractivity contribution >= 4 is 0 Å². The van der Waals surface area contributed by atoms with Crippen LogP contribution in [0.25, 0.3) is 0 Å². The molecule has 2 nitrogen and oxygen atoms in total. The predicted octanol–water partition coefficient (Wildman–Crippen LogP) is 2.44. The third-order valence-electron chi connectivity index (χ3n) is 2.92. The van der Waals surface area contributed by atoms with E-state index in [1.807, 2.05) is 0 Å². The molecule has 14 heavy (non-hydrogen) atoms. The van der Waals surface area contributed by atoms with E-state index in [0.717, 1.165) is 31.6 Å². The van der Waals surface area contributed by atoms with E-state index in [1.54, 1.807) is 0 Å². The van der Waals surface area contributed by atoms with Gasteiger partial charge in [-0.15, -0.1) is 0 Å². The summed E-state index contributed by atoms with van der Waals surface area (Å²) in [6.45, 7) is 9.91. The molecule has 1 fully saturated rings. The molecule has 0 spiro atoms. The summed E-state index contributed by atoms with van der Waals surface area (Å²) in [6.07, 6.45) is 3.75. The van der Waals surface area contributed by atoms with Crippen LogP contribution in [0, 0.1) is 11.8 Å². The summed E-state index contributed by atoms with van der Waals surface area (Å²) in [7, 11) is 0. The molecular weight excluding hydrogens is 174 g/mol. The van der Waals surface area contributed by atoms with Crippen LogP contribution in [0.5, 0.6) is 0 Å². The molecule has 0 aliphatic carbocycles. The van der Waals surface area contributed by atoms with Gasteiger partial charge in [-0.25, -0.2) is 0 Å². The molecule has 1 aliphatic rings. The second-order valence-electron chi connectivity index (χ2n) is 4.81. The minimum absolute atomic E-state index is 0.678. The zero-order valence-corrected chi connectivity index (χ0v) is 9.88. The lowest BCUT2D eigenvalue weighted by molar-refractivity contribution is 0.172. The maximum absolute atomic E-state index is 5.46. The van der Waals surface area contributed by atoms with Crippen molar-refractivity contribution in [3.8, 4) is 0 Å². The van der Waals surface area contributed by atoms with Crippen molar-refractivity contribution in [2.75, 3.05) is 19.8 Å². The Bertz CT molecular complexity index is 141. The van der Waals surface area contributed by atoms with Crippen LogP contribution >= 0.6 is 0 Å². The monoisotopic (exact) mass is 199 g/mol. The van der Waals surface area contributed by atoms with E-state index >= 15 is 0 Å². The van der Waals surface area contributed by atoms with Gasteiger partial charge in [-0.2, -0.15) is 0 Å². The molecule has 0 radical (unpaired) electrons. The topological polar surface area (TPSA) is 21.3 Å². The highest BCUT2D eigenvalue weighted by Crippen LogP contribution is 2.21. The molecule has 84 valence electrons. The smallest absolute Gasteiger partial charge is 0.0510 e. The van der Waals surface area contributed by atoms with E-state index in [9.17, 15) is 0 Å². The van der Waals surface area contributed by atoms with Crippen LogP contribution in [-0.4, -0.2) is 25.8 Å². The highest BCUT2D eigenvalue weighted by atomic mass is 16.5. The standard InChI is InChI=1S/C12H25NO/c1-4-6-13-12(8-10(2)3)11-5-7-14-9-11/h10-13H,4-9H2,1-3H3. The molecule has 1 N–H and O–H groups in total. The van der Waals surface area contributed by atoms with E-state index in [1.165, 1.54) is 19.3 Å². The molecule has 0 aromatic carbocycles. The molecular formula is C12H25NO. The first-order chi connectivity index (χ1) is 6.74. The molecule has 1 heterocycles. The summed E-state index contributed by atoms with van der Waals surface area (Å²) in [5.41, 5.74) is 0. The molecule has 1 saturated heterocycles. The highest BCUT2D eigenvalue weighted by molar-refractivity contribution is 4.80. The minimum Gasteiger partial charge on any atom is -0.381 e. The van der Waals surface area contributed by atoms with Crippen molar-refractivity contribution in [3.05, 3.63) is 0 Å². The van der Waals surface area contributed by atoms with Crippen LogP contribution in [0.3, 0.4) is 0 Å². The normalized spacial score (nSPS) is 24.4. The Labute approximate surface area is 88.4 Å². The van der Waals surface area contributed by atoms with Gasteiger partial charge in [-0.1, -0.05) is 20.8 Å². The molecule has 2 unspecified atom stereocenters. The summed E-state index contributed by atoms with van der Waals surface area (Å²) >= 11 is 0. The third-order valence-corrected chi connectivity index (χ3v) is 2.92. The first-order valence-electron chi connectivity index (χ1n) is 6.05. The lowest BCUT2D eigenvalue weighted by Crippen LogP contribution is -2.38. The average Bonchev–Trinajstić information content (AvgIpc) is 2.64. The maximum Gasteiger partial charge on any atom is 0.0510 e. The van der Waals surface area contributed by atoms with E-state index < -0.39 is 0 Å². The molecule has 1 rings (SSSR count). The quantitative estimate of drug-likeness (QED) is 0.709. The van der Waals surface area contributed by atoms with Crippen LogP contribution < -0.4 is 5.32 Å². The number of hydrogen-bond acceptors (Lipinski definition) is 2. The van der Waals surface area contributed by atoms with Crippen molar-refractivity contribution in [2.24, 2.45) is 11.8 Å². The van der Waals surface area contributed by atoms with Crippen molar-refractivity contribution in [2.45, 2.75) is 46.1 Å². The van der Waals surface area contributed by atoms with Gasteiger partial charge in [0.05, 0.1) is 6.61 Å². The van der Waals surface area contributed by atoms with Crippen molar-refractivity contribution in [3.63, 3.8) is 0 Å². The van der Waals surface area contributed by atoms with Gasteiger partial charge in [0.1, 0.15) is 0 Å². The lowest BCUT2D eigenvalue weighted by Gasteiger charge is -2.25. The Morgan fingerprint density at radius 3 is 2.71 bits per heavy atom. The zero-order valence-electron chi connectivity index (χ0n) is 9.88. The second-order valence-corrected chi connectivity index (χ2v) is 4.81. The molecule has 2 heteroatoms. The second kappa shape index (κ2) is 6.41. The summed E-state index contributed by atoms with van der Waals surface area (Å²) in [5, 5.41) is 3.66. The largest absolute Gasteiger partial charge is 0.381 e. The Hall–Kier alpha value is -0.0800. The van der Waals surface area contributed by atoms with Crippen LogP contribution in [0.15, 0.2) is 0 Å². The predicted molar refractivity (Wildman–Crippen MR) is 60.5 cm³/mol. The van der Waals surface area contributed by atoms with Gasteiger partial charge < -0.3 is 10.1 Å².